The Morgan fingerprint density at radius 1 is 1.06 bits per heavy atom. The lowest BCUT2D eigenvalue weighted by atomic mass is 9.96. The first-order valence-electron chi connectivity index (χ1n) is 9.72. The molecule has 0 radical (unpaired) electrons. The summed E-state index contributed by atoms with van der Waals surface area (Å²) in [6.07, 6.45) is 1.64. The predicted octanol–water partition coefficient (Wildman–Crippen LogP) is 5.99. The number of alkyl halides is 1. The number of anilines is 2. The van der Waals surface area contributed by atoms with Crippen LogP contribution in [0.25, 0.3) is 5.70 Å². The molecule has 4 nitrogen and oxygen atoms in total. The van der Waals surface area contributed by atoms with Crippen LogP contribution in [0, 0.1) is 18.6 Å². The summed E-state index contributed by atoms with van der Waals surface area (Å²) in [6, 6.07) is 13.2. The number of benzene rings is 3. The molecule has 32 heavy (non-hydrogen) atoms. The molecule has 0 saturated carbocycles. The number of ketones is 1. The molecule has 0 amide bonds. The molecular formula is C24H21Cl2F2N3O. The molecule has 0 heterocycles. The Labute approximate surface area is 195 Å². The van der Waals surface area contributed by atoms with E-state index < -0.39 is 11.6 Å². The summed E-state index contributed by atoms with van der Waals surface area (Å²) in [5, 5.41) is 6.01. The van der Waals surface area contributed by atoms with E-state index in [9.17, 15) is 13.6 Å². The molecule has 0 saturated heterocycles. The highest BCUT2D eigenvalue weighted by molar-refractivity contribution is 6.35. The SMILES string of the molecule is Cc1ccc(/C(N)=C/NCCCl)cc1C(=O)c1ccc(Nc2ccc(F)cc2F)cc1Cl. The van der Waals surface area contributed by atoms with Gasteiger partial charge in [-0.3, -0.25) is 4.79 Å². The molecule has 4 N–H and O–H groups in total. The number of hydrogen-bond donors (Lipinski definition) is 3. The molecule has 0 aliphatic heterocycles. The van der Waals surface area contributed by atoms with Crippen molar-refractivity contribution in [2.45, 2.75) is 6.92 Å². The second-order valence-corrected chi connectivity index (χ2v) is 7.83. The van der Waals surface area contributed by atoms with Gasteiger partial charge in [0.2, 0.25) is 0 Å². The molecule has 0 bridgehead atoms. The molecule has 0 aliphatic rings. The van der Waals surface area contributed by atoms with Crippen molar-refractivity contribution < 1.29 is 13.6 Å². The third-order valence-corrected chi connectivity index (χ3v) is 5.24. The summed E-state index contributed by atoms with van der Waals surface area (Å²) in [5.41, 5.74) is 9.32. The van der Waals surface area contributed by atoms with Gasteiger partial charge in [-0.05, 0) is 54.4 Å². The Kier molecular flexibility index (Phi) is 7.72. The molecule has 3 aromatic carbocycles. The quantitative estimate of drug-likeness (QED) is 0.212. The maximum Gasteiger partial charge on any atom is 0.194 e. The van der Waals surface area contributed by atoms with E-state index in [1.807, 2.05) is 19.1 Å². The topological polar surface area (TPSA) is 67.1 Å². The number of carbonyl (C=O) groups is 1. The Morgan fingerprint density at radius 3 is 2.53 bits per heavy atom. The van der Waals surface area contributed by atoms with Crippen LogP contribution in [0.2, 0.25) is 5.02 Å². The molecule has 0 aliphatic carbocycles. The van der Waals surface area contributed by atoms with Crippen molar-refractivity contribution in [2.75, 3.05) is 17.7 Å². The maximum absolute atomic E-state index is 13.9. The van der Waals surface area contributed by atoms with E-state index in [-0.39, 0.29) is 16.5 Å². The highest BCUT2D eigenvalue weighted by Gasteiger charge is 2.17. The van der Waals surface area contributed by atoms with Crippen molar-refractivity contribution in [2.24, 2.45) is 5.73 Å². The normalized spacial score (nSPS) is 11.3. The fraction of sp³-hybridized carbons (Fsp3) is 0.125. The van der Waals surface area contributed by atoms with Crippen LogP contribution in [0.4, 0.5) is 20.2 Å². The zero-order chi connectivity index (χ0) is 23.3. The Bertz CT molecular complexity index is 1180. The van der Waals surface area contributed by atoms with E-state index in [4.69, 9.17) is 28.9 Å². The van der Waals surface area contributed by atoms with Crippen LogP contribution in [0.3, 0.4) is 0 Å². The first-order valence-corrected chi connectivity index (χ1v) is 10.6. The molecule has 166 valence electrons. The Balaban J connectivity index is 1.86. The second-order valence-electron chi connectivity index (χ2n) is 7.05. The van der Waals surface area contributed by atoms with E-state index in [0.717, 1.165) is 17.7 Å². The molecule has 3 rings (SSSR count). The van der Waals surface area contributed by atoms with E-state index in [2.05, 4.69) is 10.6 Å². The van der Waals surface area contributed by atoms with Crippen LogP contribution in [-0.4, -0.2) is 18.2 Å². The summed E-state index contributed by atoms with van der Waals surface area (Å²) in [6.45, 7) is 2.39. The van der Waals surface area contributed by atoms with Gasteiger partial charge in [0.05, 0.1) is 16.4 Å². The van der Waals surface area contributed by atoms with Gasteiger partial charge in [-0.1, -0.05) is 23.7 Å². The maximum atomic E-state index is 13.9. The molecule has 0 aromatic heterocycles. The van der Waals surface area contributed by atoms with Crippen LogP contribution < -0.4 is 16.4 Å². The van der Waals surface area contributed by atoms with Crippen molar-refractivity contribution in [1.29, 1.82) is 0 Å². The lowest BCUT2D eigenvalue weighted by molar-refractivity contribution is 0.103. The van der Waals surface area contributed by atoms with Crippen LogP contribution in [0.5, 0.6) is 0 Å². The van der Waals surface area contributed by atoms with Crippen molar-refractivity contribution >= 4 is 46.1 Å². The summed E-state index contributed by atoms with van der Waals surface area (Å²) in [7, 11) is 0. The number of carbonyl (C=O) groups excluding carboxylic acids is 1. The fourth-order valence-corrected chi connectivity index (χ4v) is 3.41. The minimum absolute atomic E-state index is 0.0927. The van der Waals surface area contributed by atoms with E-state index >= 15 is 0 Å². The molecule has 0 unspecified atom stereocenters. The van der Waals surface area contributed by atoms with Gasteiger partial charge in [-0.15, -0.1) is 11.6 Å². The minimum atomic E-state index is -0.736. The second kappa shape index (κ2) is 10.5. The Morgan fingerprint density at radius 2 is 1.84 bits per heavy atom. The predicted molar refractivity (Wildman–Crippen MR) is 127 cm³/mol. The number of nitrogens with one attached hydrogen (secondary N) is 2. The van der Waals surface area contributed by atoms with Crippen LogP contribution in [-0.2, 0) is 0 Å². The lowest BCUT2D eigenvalue weighted by Crippen LogP contribution is -2.12. The number of rotatable bonds is 8. The summed E-state index contributed by atoms with van der Waals surface area (Å²) >= 11 is 12.0. The van der Waals surface area contributed by atoms with Gasteiger partial charge >= 0.3 is 0 Å². The van der Waals surface area contributed by atoms with Gasteiger partial charge < -0.3 is 16.4 Å². The molecular weight excluding hydrogens is 455 g/mol. The van der Waals surface area contributed by atoms with E-state index in [1.54, 1.807) is 24.4 Å². The van der Waals surface area contributed by atoms with Crippen LogP contribution >= 0.6 is 23.2 Å². The highest BCUT2D eigenvalue weighted by Crippen LogP contribution is 2.28. The summed E-state index contributed by atoms with van der Waals surface area (Å²) in [4.78, 5) is 13.2. The summed E-state index contributed by atoms with van der Waals surface area (Å²) < 4.78 is 27.0. The smallest absolute Gasteiger partial charge is 0.194 e. The number of halogens is 4. The first-order chi connectivity index (χ1) is 15.3. The van der Waals surface area contributed by atoms with Crippen LogP contribution in [0.1, 0.15) is 27.0 Å². The minimum Gasteiger partial charge on any atom is -0.397 e. The largest absolute Gasteiger partial charge is 0.397 e. The average molecular weight is 476 g/mol. The third kappa shape index (κ3) is 5.58. The van der Waals surface area contributed by atoms with Gasteiger partial charge in [0.1, 0.15) is 11.6 Å². The molecule has 0 spiro atoms. The van der Waals surface area contributed by atoms with Gasteiger partial charge in [-0.25, -0.2) is 8.78 Å². The van der Waals surface area contributed by atoms with Crippen molar-refractivity contribution in [3.63, 3.8) is 0 Å². The first kappa shape index (κ1) is 23.6. The standard InChI is InChI=1S/C24H21Cl2F2N3O/c1-14-2-3-15(22(29)13-30-9-8-25)10-19(14)24(32)18-6-5-17(12-20(18)26)31-23-7-4-16(27)11-21(23)28/h2-7,10-13,30-31H,8-9,29H2,1H3/b22-13-. The summed E-state index contributed by atoms with van der Waals surface area (Å²) in [5.74, 6) is -1.23. The van der Waals surface area contributed by atoms with Gasteiger partial charge in [-0.2, -0.15) is 0 Å². The fourth-order valence-electron chi connectivity index (χ4n) is 3.03. The van der Waals surface area contributed by atoms with Crippen LogP contribution in [0.15, 0.2) is 60.8 Å². The molecule has 0 atom stereocenters. The number of hydrogen-bond acceptors (Lipinski definition) is 4. The van der Waals surface area contributed by atoms with E-state index in [1.165, 1.54) is 12.1 Å². The zero-order valence-electron chi connectivity index (χ0n) is 17.2. The lowest BCUT2D eigenvalue weighted by Gasteiger charge is -2.12. The molecule has 8 heteroatoms. The Hall–Kier alpha value is -3.09. The van der Waals surface area contributed by atoms with Crippen molar-refractivity contribution in [3.05, 3.63) is 99.7 Å². The van der Waals surface area contributed by atoms with Gasteiger partial charge in [0.25, 0.3) is 0 Å². The zero-order valence-corrected chi connectivity index (χ0v) is 18.7. The third-order valence-electron chi connectivity index (χ3n) is 4.74. The number of nitrogens with two attached hydrogens (primary N) is 1. The molecule has 0 fully saturated rings. The molecule has 3 aromatic rings. The highest BCUT2D eigenvalue weighted by atomic mass is 35.5. The van der Waals surface area contributed by atoms with Gasteiger partial charge in [0, 0.05) is 41.5 Å². The average Bonchev–Trinajstić information content (AvgIpc) is 2.76. The van der Waals surface area contributed by atoms with E-state index in [0.29, 0.717) is 40.5 Å². The van der Waals surface area contributed by atoms with Gasteiger partial charge in [0.15, 0.2) is 5.78 Å². The monoisotopic (exact) mass is 475 g/mol. The van der Waals surface area contributed by atoms with Crippen molar-refractivity contribution in [3.8, 4) is 0 Å². The van der Waals surface area contributed by atoms with Crippen molar-refractivity contribution in [1.82, 2.24) is 5.32 Å². The number of aryl methyl sites for hydroxylation is 1.